The van der Waals surface area contributed by atoms with Crippen molar-refractivity contribution in [3.8, 4) is 0 Å². The number of methoxy groups -OCH3 is 1. The second kappa shape index (κ2) is 11.5. The predicted octanol–water partition coefficient (Wildman–Crippen LogP) is 4.65. The van der Waals surface area contributed by atoms with Crippen LogP contribution in [0.2, 0.25) is 0 Å². The molecule has 1 unspecified atom stereocenters. The van der Waals surface area contributed by atoms with Crippen LogP contribution in [0.1, 0.15) is 64.0 Å². The van der Waals surface area contributed by atoms with Gasteiger partial charge in [0.25, 0.3) is 0 Å². The van der Waals surface area contributed by atoms with E-state index in [4.69, 9.17) is 4.74 Å². The highest BCUT2D eigenvalue weighted by Crippen LogP contribution is 2.15. The van der Waals surface area contributed by atoms with Crippen LogP contribution in [0, 0.1) is 5.92 Å². The van der Waals surface area contributed by atoms with Crippen LogP contribution in [-0.2, 0) is 14.3 Å². The molecule has 1 amide bonds. The minimum atomic E-state index is -0.329. The maximum Gasteiger partial charge on any atom is 0.310 e. The Morgan fingerprint density at radius 3 is 2.31 bits per heavy atom. The Bertz CT molecular complexity index is 590. The fourth-order valence-corrected chi connectivity index (χ4v) is 2.72. The van der Waals surface area contributed by atoms with Gasteiger partial charge in [0.1, 0.15) is 0 Å². The molecule has 1 aromatic carbocycles. The van der Waals surface area contributed by atoms with Gasteiger partial charge in [-0.1, -0.05) is 64.8 Å². The zero-order chi connectivity index (χ0) is 19.5. The van der Waals surface area contributed by atoms with Crippen LogP contribution in [0.15, 0.2) is 30.3 Å². The average Bonchev–Trinajstić information content (AvgIpc) is 2.64. The van der Waals surface area contributed by atoms with Gasteiger partial charge >= 0.3 is 5.97 Å². The summed E-state index contributed by atoms with van der Waals surface area (Å²) in [5.41, 5.74) is 2.28. The molecular weight excluding hydrogens is 326 g/mol. The second-order valence-corrected chi connectivity index (χ2v) is 7.07. The zero-order valence-electron chi connectivity index (χ0n) is 16.8. The molecule has 0 saturated carbocycles. The highest BCUT2D eigenvalue weighted by atomic mass is 16.5. The molecule has 0 aliphatic rings. The lowest BCUT2D eigenvalue weighted by molar-refractivity contribution is -0.146. The van der Waals surface area contributed by atoms with Gasteiger partial charge in [0.2, 0.25) is 5.91 Å². The normalized spacial score (nSPS) is 12.4. The molecule has 0 aromatic heterocycles. The summed E-state index contributed by atoms with van der Waals surface area (Å²) < 4.78 is 4.78. The number of hydrogen-bond acceptors (Lipinski definition) is 3. The standard InChI is InChI=1S/C22H33NO3/c1-6-7-8-15-23(16-18(4)22(25)26-5)21(24)14-11-19-9-12-20(13-10-19)17(2)3/h9-14,17-18H,6-8,15-16H2,1-5H3/b14-11+. The first kappa shape index (κ1) is 21.9. The number of carbonyl (C=O) groups is 2. The number of hydrogen-bond donors (Lipinski definition) is 0. The number of unbranched alkanes of at least 4 members (excludes halogenated alkanes) is 2. The summed E-state index contributed by atoms with van der Waals surface area (Å²) in [6.45, 7) is 9.27. The first-order chi connectivity index (χ1) is 12.4. The van der Waals surface area contributed by atoms with Crippen molar-refractivity contribution in [1.29, 1.82) is 0 Å². The molecule has 0 saturated heterocycles. The van der Waals surface area contributed by atoms with Crippen LogP contribution in [0.3, 0.4) is 0 Å². The lowest BCUT2D eigenvalue weighted by atomic mass is 10.0. The third kappa shape index (κ3) is 7.42. The molecule has 0 heterocycles. The van der Waals surface area contributed by atoms with Crippen molar-refractivity contribution in [2.24, 2.45) is 5.92 Å². The molecule has 0 fully saturated rings. The molecule has 144 valence electrons. The van der Waals surface area contributed by atoms with Crippen LogP contribution in [0.25, 0.3) is 6.08 Å². The number of ether oxygens (including phenoxy) is 1. The number of carbonyl (C=O) groups excluding carboxylic acids is 2. The maximum absolute atomic E-state index is 12.6. The van der Waals surface area contributed by atoms with E-state index in [9.17, 15) is 9.59 Å². The van der Waals surface area contributed by atoms with Gasteiger partial charge in [-0.15, -0.1) is 0 Å². The molecule has 1 aromatic rings. The van der Waals surface area contributed by atoms with E-state index in [1.54, 1.807) is 17.9 Å². The van der Waals surface area contributed by atoms with Gasteiger partial charge in [-0.3, -0.25) is 9.59 Å². The number of amides is 1. The molecular formula is C22H33NO3. The molecule has 0 aliphatic heterocycles. The molecule has 1 rings (SSSR count). The number of esters is 1. The molecule has 4 heteroatoms. The average molecular weight is 360 g/mol. The van der Waals surface area contributed by atoms with E-state index in [0.29, 0.717) is 19.0 Å². The van der Waals surface area contributed by atoms with E-state index in [1.165, 1.54) is 12.7 Å². The van der Waals surface area contributed by atoms with Crippen molar-refractivity contribution in [2.45, 2.75) is 52.9 Å². The summed E-state index contributed by atoms with van der Waals surface area (Å²) >= 11 is 0. The minimum Gasteiger partial charge on any atom is -0.469 e. The van der Waals surface area contributed by atoms with Gasteiger partial charge in [0.15, 0.2) is 0 Å². The highest BCUT2D eigenvalue weighted by molar-refractivity contribution is 5.92. The fourth-order valence-electron chi connectivity index (χ4n) is 2.72. The molecule has 26 heavy (non-hydrogen) atoms. The first-order valence-corrected chi connectivity index (χ1v) is 9.53. The summed E-state index contributed by atoms with van der Waals surface area (Å²) in [6.07, 6.45) is 6.53. The topological polar surface area (TPSA) is 46.6 Å². The molecule has 0 spiro atoms. The van der Waals surface area contributed by atoms with Crippen molar-refractivity contribution >= 4 is 18.0 Å². The minimum absolute atomic E-state index is 0.0650. The van der Waals surface area contributed by atoms with Crippen LogP contribution >= 0.6 is 0 Å². The summed E-state index contributed by atoms with van der Waals surface area (Å²) in [6, 6.07) is 8.23. The van der Waals surface area contributed by atoms with E-state index in [1.807, 2.05) is 18.2 Å². The second-order valence-electron chi connectivity index (χ2n) is 7.07. The summed E-state index contributed by atoms with van der Waals surface area (Å²) in [5, 5.41) is 0. The summed E-state index contributed by atoms with van der Waals surface area (Å²) in [7, 11) is 1.38. The lowest BCUT2D eigenvalue weighted by Crippen LogP contribution is -2.37. The predicted molar refractivity (Wildman–Crippen MR) is 107 cm³/mol. The van der Waals surface area contributed by atoms with Gasteiger partial charge in [0, 0.05) is 19.2 Å². The van der Waals surface area contributed by atoms with Crippen LogP contribution < -0.4 is 0 Å². The molecule has 1 atom stereocenters. The molecule has 0 bridgehead atoms. The van der Waals surface area contributed by atoms with Gasteiger partial charge in [-0.25, -0.2) is 0 Å². The number of nitrogens with zero attached hydrogens (tertiary/aromatic N) is 1. The quantitative estimate of drug-likeness (QED) is 0.347. The Hall–Kier alpha value is -2.10. The van der Waals surface area contributed by atoms with E-state index < -0.39 is 0 Å². The van der Waals surface area contributed by atoms with Crippen molar-refractivity contribution in [2.75, 3.05) is 20.2 Å². The molecule has 0 N–H and O–H groups in total. The van der Waals surface area contributed by atoms with Gasteiger partial charge in [0.05, 0.1) is 13.0 Å². The van der Waals surface area contributed by atoms with Crippen molar-refractivity contribution in [1.82, 2.24) is 4.90 Å². The van der Waals surface area contributed by atoms with Crippen LogP contribution in [0.5, 0.6) is 0 Å². The maximum atomic E-state index is 12.6. The number of rotatable bonds is 10. The summed E-state index contributed by atoms with van der Waals surface area (Å²) in [5.74, 6) is -0.191. The zero-order valence-corrected chi connectivity index (χ0v) is 16.8. The molecule has 0 radical (unpaired) electrons. The van der Waals surface area contributed by atoms with E-state index in [2.05, 4.69) is 32.9 Å². The largest absolute Gasteiger partial charge is 0.469 e. The Balaban J connectivity index is 2.77. The highest BCUT2D eigenvalue weighted by Gasteiger charge is 2.19. The lowest BCUT2D eigenvalue weighted by Gasteiger charge is -2.24. The Morgan fingerprint density at radius 1 is 1.12 bits per heavy atom. The van der Waals surface area contributed by atoms with Crippen LogP contribution in [-0.4, -0.2) is 37.0 Å². The van der Waals surface area contributed by atoms with Gasteiger partial charge < -0.3 is 9.64 Å². The Labute approximate surface area is 158 Å². The smallest absolute Gasteiger partial charge is 0.310 e. The Morgan fingerprint density at radius 2 is 1.77 bits per heavy atom. The Kier molecular flexibility index (Phi) is 9.71. The summed E-state index contributed by atoms with van der Waals surface area (Å²) in [4.78, 5) is 26.1. The fraction of sp³-hybridized carbons (Fsp3) is 0.545. The number of benzene rings is 1. The van der Waals surface area contributed by atoms with Crippen molar-refractivity contribution in [3.63, 3.8) is 0 Å². The third-order valence-electron chi connectivity index (χ3n) is 4.46. The molecule has 4 nitrogen and oxygen atoms in total. The first-order valence-electron chi connectivity index (χ1n) is 9.53. The SMILES string of the molecule is CCCCCN(CC(C)C(=O)OC)C(=O)/C=C/c1ccc(C(C)C)cc1. The van der Waals surface area contributed by atoms with Crippen LogP contribution in [0.4, 0.5) is 0 Å². The van der Waals surface area contributed by atoms with E-state index >= 15 is 0 Å². The van der Waals surface area contributed by atoms with Gasteiger partial charge in [-0.05, 0) is 29.5 Å². The van der Waals surface area contributed by atoms with Crippen molar-refractivity contribution < 1.29 is 14.3 Å². The van der Waals surface area contributed by atoms with Gasteiger partial charge in [-0.2, -0.15) is 0 Å². The molecule has 0 aliphatic carbocycles. The monoisotopic (exact) mass is 359 g/mol. The van der Waals surface area contributed by atoms with Crippen molar-refractivity contribution in [3.05, 3.63) is 41.5 Å². The van der Waals surface area contributed by atoms with E-state index in [-0.39, 0.29) is 17.8 Å². The van der Waals surface area contributed by atoms with E-state index in [0.717, 1.165) is 24.8 Å². The third-order valence-corrected chi connectivity index (χ3v) is 4.46.